The predicted octanol–water partition coefficient (Wildman–Crippen LogP) is 3.50. The molecule has 2 rings (SSSR count). The van der Waals surface area contributed by atoms with Crippen molar-refractivity contribution in [2.24, 2.45) is 0 Å². The summed E-state index contributed by atoms with van der Waals surface area (Å²) in [6.07, 6.45) is 4.11. The Bertz CT molecular complexity index is 537. The van der Waals surface area contributed by atoms with Crippen molar-refractivity contribution in [1.29, 1.82) is 5.26 Å². The van der Waals surface area contributed by atoms with E-state index in [2.05, 4.69) is 11.4 Å². The minimum atomic E-state index is -0.433. The van der Waals surface area contributed by atoms with Crippen LogP contribution in [0, 0.1) is 21.4 Å². The first-order chi connectivity index (χ1) is 10.0. The summed E-state index contributed by atoms with van der Waals surface area (Å²) in [6.45, 7) is 1.96. The summed E-state index contributed by atoms with van der Waals surface area (Å²) in [7, 11) is 0. The Morgan fingerprint density at radius 3 is 2.67 bits per heavy atom. The van der Waals surface area contributed by atoms with Crippen molar-refractivity contribution in [3.05, 3.63) is 34.4 Å². The van der Waals surface area contributed by atoms with E-state index < -0.39 is 10.5 Å². The molecule has 1 aromatic carbocycles. The average molecular weight is 305 g/mol. The smallest absolute Gasteiger partial charge is 0.269 e. The molecule has 21 heavy (non-hydrogen) atoms. The zero-order valence-corrected chi connectivity index (χ0v) is 12.9. The van der Waals surface area contributed by atoms with Crippen LogP contribution < -0.4 is 5.32 Å². The Balaban J connectivity index is 1.73. The summed E-state index contributed by atoms with van der Waals surface area (Å²) < 4.78 is 0. The van der Waals surface area contributed by atoms with E-state index in [0.717, 1.165) is 23.5 Å². The highest BCUT2D eigenvalue weighted by atomic mass is 32.2. The van der Waals surface area contributed by atoms with Crippen LogP contribution in [0.5, 0.6) is 0 Å². The minimum absolute atomic E-state index is 0.116. The van der Waals surface area contributed by atoms with E-state index in [1.165, 1.54) is 25.0 Å². The van der Waals surface area contributed by atoms with Gasteiger partial charge >= 0.3 is 0 Å². The molecule has 1 aliphatic rings. The van der Waals surface area contributed by atoms with Crippen molar-refractivity contribution >= 4 is 17.4 Å². The van der Waals surface area contributed by atoms with E-state index in [-0.39, 0.29) is 5.69 Å². The van der Waals surface area contributed by atoms with Crippen molar-refractivity contribution in [1.82, 2.24) is 5.32 Å². The van der Waals surface area contributed by atoms with Crippen molar-refractivity contribution in [2.45, 2.75) is 49.1 Å². The van der Waals surface area contributed by atoms with Crippen molar-refractivity contribution in [2.75, 3.05) is 5.75 Å². The van der Waals surface area contributed by atoms with Gasteiger partial charge in [0.25, 0.3) is 5.69 Å². The molecular formula is C15H19N3O2S. The lowest BCUT2D eigenvalue weighted by Crippen LogP contribution is -2.42. The molecule has 1 atom stereocenters. The first-order valence-corrected chi connectivity index (χ1v) is 8.07. The molecule has 1 aliphatic carbocycles. The number of thioether (sulfide) groups is 1. The molecule has 0 bridgehead atoms. The highest BCUT2D eigenvalue weighted by Crippen LogP contribution is 2.26. The quantitative estimate of drug-likeness (QED) is 0.344. The van der Waals surface area contributed by atoms with Crippen molar-refractivity contribution in [3.8, 4) is 6.07 Å². The Hall–Kier alpha value is -1.58. The lowest BCUT2D eigenvalue weighted by atomic mass is 9.98. The zero-order chi connectivity index (χ0) is 15.3. The number of hydrogen-bond donors (Lipinski definition) is 1. The maximum absolute atomic E-state index is 10.6. The van der Waals surface area contributed by atoms with Gasteiger partial charge in [-0.2, -0.15) is 5.26 Å². The van der Waals surface area contributed by atoms with Gasteiger partial charge in [0.15, 0.2) is 0 Å². The Kier molecular flexibility index (Phi) is 5.21. The summed E-state index contributed by atoms with van der Waals surface area (Å²) in [4.78, 5) is 11.2. The number of nitriles is 1. The molecule has 1 saturated carbocycles. The lowest BCUT2D eigenvalue weighted by molar-refractivity contribution is -0.384. The van der Waals surface area contributed by atoms with Crippen molar-refractivity contribution < 1.29 is 4.92 Å². The number of nitro benzene ring substituents is 1. The number of benzene rings is 1. The van der Waals surface area contributed by atoms with E-state index in [9.17, 15) is 15.4 Å². The van der Waals surface area contributed by atoms with Crippen LogP contribution in [-0.2, 0) is 0 Å². The molecule has 1 aromatic rings. The third-order valence-corrected chi connectivity index (χ3v) is 4.58. The fourth-order valence-electron chi connectivity index (χ4n) is 2.12. The van der Waals surface area contributed by atoms with Crippen LogP contribution in [0.3, 0.4) is 0 Å². The molecule has 1 unspecified atom stereocenters. The maximum atomic E-state index is 10.6. The van der Waals surface area contributed by atoms with Crippen LogP contribution in [0.25, 0.3) is 0 Å². The normalized spacial score (nSPS) is 17.0. The molecule has 5 nitrogen and oxygen atoms in total. The monoisotopic (exact) mass is 305 g/mol. The van der Waals surface area contributed by atoms with Gasteiger partial charge in [-0.25, -0.2) is 0 Å². The number of nitrogens with zero attached hydrogens (tertiary/aromatic N) is 2. The van der Waals surface area contributed by atoms with Gasteiger partial charge in [-0.3, -0.25) is 15.4 Å². The van der Waals surface area contributed by atoms with Gasteiger partial charge in [0.05, 0.1) is 11.0 Å². The van der Waals surface area contributed by atoms with Crippen LogP contribution in [0.15, 0.2) is 29.2 Å². The van der Waals surface area contributed by atoms with Crippen LogP contribution in [0.2, 0.25) is 0 Å². The highest BCUT2D eigenvalue weighted by molar-refractivity contribution is 7.99. The highest BCUT2D eigenvalue weighted by Gasteiger charge is 2.31. The first kappa shape index (κ1) is 15.8. The summed E-state index contributed by atoms with van der Waals surface area (Å²) >= 11 is 1.67. The van der Waals surface area contributed by atoms with E-state index in [1.807, 2.05) is 6.92 Å². The van der Waals surface area contributed by atoms with Crippen molar-refractivity contribution in [3.63, 3.8) is 0 Å². The van der Waals surface area contributed by atoms with Gasteiger partial charge in [0, 0.05) is 23.1 Å². The van der Waals surface area contributed by atoms with Crippen LogP contribution in [0.4, 0.5) is 5.69 Å². The molecule has 0 radical (unpaired) electrons. The Morgan fingerprint density at radius 1 is 1.48 bits per heavy atom. The number of rotatable bonds is 8. The Labute approximate surface area is 128 Å². The second kappa shape index (κ2) is 6.92. The molecule has 1 N–H and O–H groups in total. The maximum Gasteiger partial charge on any atom is 0.269 e. The molecule has 0 aromatic heterocycles. The van der Waals surface area contributed by atoms with E-state index in [4.69, 9.17) is 0 Å². The fourth-order valence-corrected chi connectivity index (χ4v) is 2.97. The molecular weight excluding hydrogens is 286 g/mol. The molecule has 1 fully saturated rings. The second-order valence-electron chi connectivity index (χ2n) is 5.57. The topological polar surface area (TPSA) is 79.0 Å². The first-order valence-electron chi connectivity index (χ1n) is 7.09. The van der Waals surface area contributed by atoms with Crippen LogP contribution in [-0.4, -0.2) is 22.3 Å². The average Bonchev–Trinajstić information content (AvgIpc) is 3.28. The summed E-state index contributed by atoms with van der Waals surface area (Å²) in [6, 6.07) is 9.49. The van der Waals surface area contributed by atoms with E-state index in [0.29, 0.717) is 6.04 Å². The van der Waals surface area contributed by atoms with Crippen LogP contribution in [0.1, 0.15) is 32.6 Å². The minimum Gasteiger partial charge on any atom is -0.297 e. The number of non-ortho nitro benzene ring substituents is 1. The lowest BCUT2D eigenvalue weighted by Gasteiger charge is -2.23. The standard InChI is InChI=1S/C15H19N3O2S/c1-15(11-16,17-12-3-4-12)9-2-10-21-14-7-5-13(6-8-14)18(19)20/h5-8,12,17H,2-4,9-10H2,1H3. The van der Waals surface area contributed by atoms with E-state index in [1.54, 1.807) is 23.9 Å². The zero-order valence-electron chi connectivity index (χ0n) is 12.0. The summed E-state index contributed by atoms with van der Waals surface area (Å²) in [5.74, 6) is 0.904. The molecule has 0 aliphatic heterocycles. The SMILES string of the molecule is CC(C#N)(CCCSc1ccc([N+](=O)[O-])cc1)NC1CC1. The second-order valence-corrected chi connectivity index (χ2v) is 6.73. The van der Waals surface area contributed by atoms with Gasteiger partial charge in [0.1, 0.15) is 5.54 Å². The molecule has 0 amide bonds. The fraction of sp³-hybridized carbons (Fsp3) is 0.533. The molecule has 0 saturated heterocycles. The number of nitrogens with one attached hydrogen (secondary N) is 1. The number of hydrogen-bond acceptors (Lipinski definition) is 5. The van der Waals surface area contributed by atoms with Crippen LogP contribution >= 0.6 is 11.8 Å². The predicted molar refractivity (Wildman–Crippen MR) is 83.2 cm³/mol. The van der Waals surface area contributed by atoms with Gasteiger partial charge in [0.2, 0.25) is 0 Å². The Morgan fingerprint density at radius 2 is 2.14 bits per heavy atom. The largest absolute Gasteiger partial charge is 0.297 e. The molecule has 6 heteroatoms. The van der Waals surface area contributed by atoms with Gasteiger partial charge in [-0.1, -0.05) is 0 Å². The molecule has 112 valence electrons. The summed E-state index contributed by atoms with van der Waals surface area (Å²) in [5.41, 5.74) is -0.318. The van der Waals surface area contributed by atoms with Gasteiger partial charge in [-0.15, -0.1) is 11.8 Å². The van der Waals surface area contributed by atoms with Gasteiger partial charge in [-0.05, 0) is 50.5 Å². The number of nitro groups is 1. The third kappa shape index (κ3) is 5.03. The summed E-state index contributed by atoms with van der Waals surface area (Å²) in [5, 5.41) is 23.2. The molecule has 0 heterocycles. The van der Waals surface area contributed by atoms with E-state index >= 15 is 0 Å². The third-order valence-electron chi connectivity index (χ3n) is 3.48. The van der Waals surface area contributed by atoms with Gasteiger partial charge < -0.3 is 0 Å². The molecule has 0 spiro atoms.